The molecule has 0 saturated carbocycles. The van der Waals surface area contributed by atoms with Gasteiger partial charge in [0.25, 0.3) is 6.43 Å². The van der Waals surface area contributed by atoms with Gasteiger partial charge in [-0.25, -0.2) is 13.8 Å². The van der Waals surface area contributed by atoms with Gasteiger partial charge in [0.15, 0.2) is 0 Å². The molecule has 1 aromatic rings. The van der Waals surface area contributed by atoms with Crippen molar-refractivity contribution in [2.45, 2.75) is 12.8 Å². The monoisotopic (exact) mass is 345 g/mol. The molecule has 0 saturated heterocycles. The summed E-state index contributed by atoms with van der Waals surface area (Å²) in [6.07, 6.45) is -2.46. The van der Waals surface area contributed by atoms with E-state index in [1.807, 2.05) is 0 Å². The fourth-order valence-corrected chi connectivity index (χ4v) is 1.74. The lowest BCUT2D eigenvalue weighted by Gasteiger charge is -2.09. The molecule has 0 aromatic carbocycles. The molecule has 7 heteroatoms. The molecule has 0 N–H and O–H groups in total. The number of hydrogen-bond acceptors (Lipinski definition) is 3. The molecule has 0 radical (unpaired) electrons. The number of carbonyl (C=O) groups is 1. The van der Waals surface area contributed by atoms with Crippen LogP contribution in [0.3, 0.4) is 0 Å². The van der Waals surface area contributed by atoms with E-state index in [1.54, 1.807) is 0 Å². The van der Waals surface area contributed by atoms with Crippen molar-refractivity contribution in [1.29, 1.82) is 0 Å². The van der Waals surface area contributed by atoms with E-state index >= 15 is 0 Å². The summed E-state index contributed by atoms with van der Waals surface area (Å²) in [4.78, 5) is 14.2. The second-order valence-corrected chi connectivity index (χ2v) is 3.93. The van der Waals surface area contributed by atoms with E-state index in [-0.39, 0.29) is 9.13 Å². The highest BCUT2D eigenvalue weighted by Gasteiger charge is 2.21. The van der Waals surface area contributed by atoms with Crippen LogP contribution in [0, 0.1) is 9.52 Å². The Balaban J connectivity index is 3.20. The van der Waals surface area contributed by atoms with Gasteiger partial charge >= 0.3 is 5.97 Å². The number of rotatable bonds is 3. The van der Waals surface area contributed by atoms with E-state index in [1.165, 1.54) is 22.6 Å². The number of hydrogen-bond donors (Lipinski definition) is 0. The number of nitrogens with zero attached hydrogens (tertiary/aromatic N) is 1. The van der Waals surface area contributed by atoms with Crippen molar-refractivity contribution in [2.75, 3.05) is 7.11 Å². The van der Waals surface area contributed by atoms with Crippen molar-refractivity contribution in [3.05, 3.63) is 26.8 Å². The molecular formula is C9H7F3INO2. The molecule has 1 rings (SSSR count). The number of ether oxygens (including phenoxy) is 1. The van der Waals surface area contributed by atoms with Crippen LogP contribution < -0.4 is 0 Å². The molecule has 0 atom stereocenters. The van der Waals surface area contributed by atoms with Crippen LogP contribution in [0.15, 0.2) is 6.20 Å². The molecule has 1 heterocycles. The Morgan fingerprint density at radius 2 is 2.25 bits per heavy atom. The summed E-state index contributed by atoms with van der Waals surface area (Å²) in [5.74, 6) is -1.57. The summed E-state index contributed by atoms with van der Waals surface area (Å²) in [7, 11) is 1.13. The molecule has 0 amide bonds. The Bertz CT molecular complexity index is 412. The molecule has 0 aliphatic carbocycles. The van der Waals surface area contributed by atoms with Gasteiger partial charge in [-0.05, 0) is 28.2 Å². The van der Waals surface area contributed by atoms with Gasteiger partial charge in [-0.1, -0.05) is 0 Å². The molecule has 0 fully saturated rings. The van der Waals surface area contributed by atoms with Crippen molar-refractivity contribution < 1.29 is 22.7 Å². The average molecular weight is 345 g/mol. The number of halogens is 4. The van der Waals surface area contributed by atoms with Crippen LogP contribution in [-0.4, -0.2) is 18.1 Å². The summed E-state index contributed by atoms with van der Waals surface area (Å²) < 4.78 is 42.5. The predicted octanol–water partition coefficient (Wildman–Crippen LogP) is 2.48. The zero-order valence-corrected chi connectivity index (χ0v) is 10.3. The molecule has 0 aliphatic rings. The average Bonchev–Trinajstić information content (AvgIpc) is 2.24. The smallest absolute Gasteiger partial charge is 0.310 e. The fraction of sp³-hybridized carbons (Fsp3) is 0.333. The Morgan fingerprint density at radius 1 is 1.62 bits per heavy atom. The largest absolute Gasteiger partial charge is 0.469 e. The maximum Gasteiger partial charge on any atom is 0.310 e. The highest BCUT2D eigenvalue weighted by atomic mass is 127. The van der Waals surface area contributed by atoms with Crippen molar-refractivity contribution in [1.82, 2.24) is 4.98 Å². The van der Waals surface area contributed by atoms with Crippen LogP contribution in [-0.2, 0) is 16.0 Å². The number of esters is 1. The topological polar surface area (TPSA) is 39.2 Å². The zero-order valence-electron chi connectivity index (χ0n) is 8.14. The van der Waals surface area contributed by atoms with E-state index in [0.29, 0.717) is 0 Å². The van der Waals surface area contributed by atoms with Gasteiger partial charge < -0.3 is 4.74 Å². The maximum absolute atomic E-state index is 13.1. The van der Waals surface area contributed by atoms with Crippen molar-refractivity contribution in [3.8, 4) is 0 Å². The quantitative estimate of drug-likeness (QED) is 0.480. The minimum atomic E-state index is -2.80. The van der Waals surface area contributed by atoms with Crippen molar-refractivity contribution >= 4 is 28.6 Å². The van der Waals surface area contributed by atoms with Gasteiger partial charge in [-0.3, -0.25) is 4.79 Å². The van der Waals surface area contributed by atoms with Crippen LogP contribution in [0.25, 0.3) is 0 Å². The third-order valence-electron chi connectivity index (χ3n) is 1.90. The number of carbonyl (C=O) groups excluding carboxylic acids is 1. The SMILES string of the molecule is COC(=O)Cc1c(C(F)F)cnc(F)c1I. The Morgan fingerprint density at radius 3 is 2.75 bits per heavy atom. The van der Waals surface area contributed by atoms with Gasteiger partial charge in [0.2, 0.25) is 5.95 Å². The highest BCUT2D eigenvalue weighted by molar-refractivity contribution is 14.1. The molecule has 0 aliphatic heterocycles. The molecular weight excluding hydrogens is 338 g/mol. The lowest BCUT2D eigenvalue weighted by atomic mass is 10.1. The zero-order chi connectivity index (χ0) is 12.3. The van der Waals surface area contributed by atoms with Crippen LogP contribution in [0.4, 0.5) is 13.2 Å². The third kappa shape index (κ3) is 2.83. The Labute approximate surface area is 103 Å². The molecule has 0 unspecified atom stereocenters. The molecule has 3 nitrogen and oxygen atoms in total. The minimum Gasteiger partial charge on any atom is -0.469 e. The van der Waals surface area contributed by atoms with Crippen molar-refractivity contribution in [2.24, 2.45) is 0 Å². The minimum absolute atomic E-state index is 0.0741. The van der Waals surface area contributed by atoms with E-state index in [4.69, 9.17) is 0 Å². The van der Waals surface area contributed by atoms with E-state index in [9.17, 15) is 18.0 Å². The number of methoxy groups -OCH3 is 1. The second kappa shape index (κ2) is 5.46. The predicted molar refractivity (Wildman–Crippen MR) is 57.6 cm³/mol. The van der Waals surface area contributed by atoms with Gasteiger partial charge in [0, 0.05) is 11.8 Å². The number of pyridine rings is 1. The maximum atomic E-state index is 13.1. The highest BCUT2D eigenvalue weighted by Crippen LogP contribution is 2.27. The first-order valence-electron chi connectivity index (χ1n) is 4.15. The lowest BCUT2D eigenvalue weighted by Crippen LogP contribution is -2.11. The second-order valence-electron chi connectivity index (χ2n) is 2.85. The van der Waals surface area contributed by atoms with Gasteiger partial charge in [0.1, 0.15) is 0 Å². The Kier molecular flexibility index (Phi) is 4.51. The number of aromatic nitrogens is 1. The van der Waals surface area contributed by atoms with Crippen LogP contribution in [0.1, 0.15) is 17.6 Å². The summed E-state index contributed by atoms with van der Waals surface area (Å²) in [6, 6.07) is 0. The van der Waals surface area contributed by atoms with E-state index in [0.717, 1.165) is 13.3 Å². The van der Waals surface area contributed by atoms with Crippen LogP contribution in [0.2, 0.25) is 0 Å². The van der Waals surface area contributed by atoms with Crippen molar-refractivity contribution in [3.63, 3.8) is 0 Å². The van der Waals surface area contributed by atoms with Crippen LogP contribution in [0.5, 0.6) is 0 Å². The molecule has 0 spiro atoms. The van der Waals surface area contributed by atoms with Gasteiger partial charge in [0.05, 0.1) is 17.1 Å². The Hall–Kier alpha value is -0.860. The first-order valence-corrected chi connectivity index (χ1v) is 5.23. The van der Waals surface area contributed by atoms with Gasteiger partial charge in [-0.15, -0.1) is 0 Å². The third-order valence-corrected chi connectivity index (χ3v) is 2.99. The summed E-state index contributed by atoms with van der Waals surface area (Å²) in [5.41, 5.74) is -0.522. The first-order chi connectivity index (χ1) is 7.47. The standard InChI is InChI=1S/C9H7F3INO2/c1-16-6(15)2-4-5(8(10)11)3-14-9(12)7(4)13/h3,8H,2H2,1H3. The van der Waals surface area contributed by atoms with E-state index in [2.05, 4.69) is 9.72 Å². The summed E-state index contributed by atoms with van der Waals surface area (Å²) >= 11 is 1.53. The van der Waals surface area contributed by atoms with Gasteiger partial charge in [-0.2, -0.15) is 4.39 Å². The molecule has 0 bridgehead atoms. The number of alkyl halides is 2. The summed E-state index contributed by atoms with van der Waals surface area (Å²) in [6.45, 7) is 0. The lowest BCUT2D eigenvalue weighted by molar-refractivity contribution is -0.139. The van der Waals surface area contributed by atoms with Crippen LogP contribution >= 0.6 is 22.6 Å². The first kappa shape index (κ1) is 13.2. The molecule has 16 heavy (non-hydrogen) atoms. The van der Waals surface area contributed by atoms with E-state index < -0.39 is 30.3 Å². The fourth-order valence-electron chi connectivity index (χ4n) is 1.10. The normalized spacial score (nSPS) is 10.6. The molecule has 88 valence electrons. The molecule has 1 aromatic heterocycles. The summed E-state index contributed by atoms with van der Waals surface area (Å²) in [5, 5.41) is 0.